The highest BCUT2D eigenvalue weighted by atomic mass is 16.6. The van der Waals surface area contributed by atoms with Crippen LogP contribution in [0.4, 0.5) is 0 Å². The fraction of sp³-hybridized carbons (Fsp3) is 0.588. The molecule has 2 aromatic heterocycles. The lowest BCUT2D eigenvalue weighted by molar-refractivity contribution is -0.0882. The van der Waals surface area contributed by atoms with E-state index < -0.39 is 5.60 Å². The SMILES string of the molecule is Cc1ccc(C(=O)N2CCOC[C@]3(CC[C@@H](Cn4cncn4)O3)C2)o1. The molecule has 0 bridgehead atoms. The monoisotopic (exact) mass is 346 g/mol. The van der Waals surface area contributed by atoms with Crippen LogP contribution in [-0.2, 0) is 16.0 Å². The number of aromatic nitrogens is 3. The second-order valence-corrected chi connectivity index (χ2v) is 6.77. The van der Waals surface area contributed by atoms with Crippen molar-refractivity contribution in [2.75, 3.05) is 26.3 Å². The summed E-state index contributed by atoms with van der Waals surface area (Å²) in [7, 11) is 0. The molecule has 0 N–H and O–H groups in total. The standard InChI is InChI=1S/C17H22N4O4/c1-13-2-3-15(24-13)16(22)20-6-7-23-10-17(9-20)5-4-14(25-17)8-21-12-18-11-19-21/h2-3,11-12,14H,4-10H2,1H3/t14-,17-/m0/s1. The minimum atomic E-state index is -0.459. The molecule has 2 aliphatic rings. The molecular weight excluding hydrogens is 324 g/mol. The average Bonchev–Trinajstić information content (AvgIpc) is 3.30. The Labute approximate surface area is 145 Å². The molecule has 2 saturated heterocycles. The molecule has 8 heteroatoms. The highest BCUT2D eigenvalue weighted by Gasteiger charge is 2.44. The van der Waals surface area contributed by atoms with Crippen LogP contribution >= 0.6 is 0 Å². The van der Waals surface area contributed by atoms with Crippen molar-refractivity contribution in [2.45, 2.75) is 38.0 Å². The summed E-state index contributed by atoms with van der Waals surface area (Å²) in [6.07, 6.45) is 5.02. The van der Waals surface area contributed by atoms with Crippen LogP contribution in [-0.4, -0.2) is 63.6 Å². The molecule has 1 spiro atoms. The summed E-state index contributed by atoms with van der Waals surface area (Å²) in [5.74, 6) is 0.988. The summed E-state index contributed by atoms with van der Waals surface area (Å²) < 4.78 is 19.3. The maximum absolute atomic E-state index is 12.7. The van der Waals surface area contributed by atoms with Crippen molar-refractivity contribution in [1.29, 1.82) is 0 Å². The maximum atomic E-state index is 12.7. The summed E-state index contributed by atoms with van der Waals surface area (Å²) >= 11 is 0. The Bertz CT molecular complexity index is 729. The van der Waals surface area contributed by atoms with Crippen molar-refractivity contribution >= 4 is 5.91 Å². The average molecular weight is 346 g/mol. The third kappa shape index (κ3) is 3.45. The van der Waals surface area contributed by atoms with Crippen LogP contribution in [0.3, 0.4) is 0 Å². The van der Waals surface area contributed by atoms with Gasteiger partial charge in [0.05, 0.1) is 32.4 Å². The van der Waals surface area contributed by atoms with Crippen LogP contribution in [0, 0.1) is 6.92 Å². The van der Waals surface area contributed by atoms with E-state index in [-0.39, 0.29) is 12.0 Å². The molecule has 4 rings (SSSR count). The zero-order chi connectivity index (χ0) is 17.3. The lowest BCUT2D eigenvalue weighted by atomic mass is 10.00. The Morgan fingerprint density at radius 3 is 3.12 bits per heavy atom. The quantitative estimate of drug-likeness (QED) is 0.832. The van der Waals surface area contributed by atoms with Gasteiger partial charge in [0.25, 0.3) is 5.91 Å². The van der Waals surface area contributed by atoms with Gasteiger partial charge in [0.15, 0.2) is 5.76 Å². The first-order chi connectivity index (χ1) is 12.1. The summed E-state index contributed by atoms with van der Waals surface area (Å²) in [6, 6.07) is 3.52. The van der Waals surface area contributed by atoms with Gasteiger partial charge in [-0.05, 0) is 31.9 Å². The van der Waals surface area contributed by atoms with Crippen LogP contribution in [0.1, 0.15) is 29.2 Å². The number of ether oxygens (including phenoxy) is 2. The fourth-order valence-electron chi connectivity index (χ4n) is 3.57. The number of hydrogen-bond donors (Lipinski definition) is 0. The van der Waals surface area contributed by atoms with E-state index in [9.17, 15) is 4.79 Å². The lowest BCUT2D eigenvalue weighted by Crippen LogP contribution is -2.46. The van der Waals surface area contributed by atoms with Crippen molar-refractivity contribution in [2.24, 2.45) is 0 Å². The van der Waals surface area contributed by atoms with Crippen molar-refractivity contribution in [1.82, 2.24) is 19.7 Å². The van der Waals surface area contributed by atoms with E-state index in [1.807, 2.05) is 6.92 Å². The first-order valence-electron chi connectivity index (χ1n) is 8.57. The Balaban J connectivity index is 1.45. The van der Waals surface area contributed by atoms with E-state index in [0.717, 1.165) is 18.6 Å². The van der Waals surface area contributed by atoms with E-state index in [4.69, 9.17) is 13.9 Å². The zero-order valence-electron chi connectivity index (χ0n) is 14.3. The first-order valence-corrected chi connectivity index (χ1v) is 8.57. The summed E-state index contributed by atoms with van der Waals surface area (Å²) in [5, 5.41) is 4.13. The van der Waals surface area contributed by atoms with E-state index >= 15 is 0 Å². The van der Waals surface area contributed by atoms with Crippen molar-refractivity contribution in [3.05, 3.63) is 36.3 Å². The van der Waals surface area contributed by atoms with Gasteiger partial charge in [-0.15, -0.1) is 0 Å². The van der Waals surface area contributed by atoms with Crippen LogP contribution in [0.15, 0.2) is 29.2 Å². The molecular formula is C17H22N4O4. The van der Waals surface area contributed by atoms with Crippen LogP contribution < -0.4 is 0 Å². The van der Waals surface area contributed by atoms with Gasteiger partial charge in [-0.1, -0.05) is 0 Å². The van der Waals surface area contributed by atoms with Gasteiger partial charge in [0.2, 0.25) is 0 Å². The number of furan rings is 1. The molecule has 0 unspecified atom stereocenters. The molecule has 0 saturated carbocycles. The molecule has 1 amide bonds. The minimum absolute atomic E-state index is 0.0474. The molecule has 0 aromatic carbocycles. The van der Waals surface area contributed by atoms with Gasteiger partial charge in [-0.2, -0.15) is 5.10 Å². The minimum Gasteiger partial charge on any atom is -0.456 e. The van der Waals surface area contributed by atoms with Gasteiger partial charge in [0.1, 0.15) is 24.0 Å². The van der Waals surface area contributed by atoms with E-state index in [0.29, 0.717) is 38.6 Å². The van der Waals surface area contributed by atoms with E-state index in [1.54, 1.807) is 28.0 Å². The van der Waals surface area contributed by atoms with Gasteiger partial charge in [0, 0.05) is 6.54 Å². The number of carbonyl (C=O) groups excluding carboxylic acids is 1. The third-order valence-corrected chi connectivity index (χ3v) is 4.78. The Morgan fingerprint density at radius 1 is 1.44 bits per heavy atom. The second-order valence-electron chi connectivity index (χ2n) is 6.77. The smallest absolute Gasteiger partial charge is 0.289 e. The highest BCUT2D eigenvalue weighted by molar-refractivity contribution is 5.91. The van der Waals surface area contributed by atoms with Gasteiger partial charge in [-0.3, -0.25) is 9.48 Å². The van der Waals surface area contributed by atoms with Crippen LogP contribution in [0.5, 0.6) is 0 Å². The maximum Gasteiger partial charge on any atom is 0.289 e. The molecule has 2 aliphatic heterocycles. The van der Waals surface area contributed by atoms with Gasteiger partial charge in [-0.25, -0.2) is 4.98 Å². The molecule has 2 aromatic rings. The molecule has 2 fully saturated rings. The van der Waals surface area contributed by atoms with Crippen molar-refractivity contribution < 1.29 is 18.7 Å². The van der Waals surface area contributed by atoms with E-state index in [1.165, 1.54) is 6.33 Å². The summed E-state index contributed by atoms with van der Waals surface area (Å²) in [6.45, 7) is 4.55. The molecule has 0 radical (unpaired) electrons. The number of rotatable bonds is 3. The largest absolute Gasteiger partial charge is 0.456 e. The molecule has 0 aliphatic carbocycles. The molecule has 8 nitrogen and oxygen atoms in total. The number of aryl methyl sites for hydroxylation is 1. The lowest BCUT2D eigenvalue weighted by Gasteiger charge is -2.31. The molecule has 25 heavy (non-hydrogen) atoms. The number of carbonyl (C=O) groups is 1. The summed E-state index contributed by atoms with van der Waals surface area (Å²) in [5.41, 5.74) is -0.459. The third-order valence-electron chi connectivity index (χ3n) is 4.78. The van der Waals surface area contributed by atoms with E-state index in [2.05, 4.69) is 10.1 Å². The molecule has 4 heterocycles. The normalized spacial score (nSPS) is 26.9. The Kier molecular flexibility index (Phi) is 4.30. The van der Waals surface area contributed by atoms with Gasteiger partial charge >= 0.3 is 0 Å². The highest BCUT2D eigenvalue weighted by Crippen LogP contribution is 2.34. The Morgan fingerprint density at radius 2 is 2.36 bits per heavy atom. The Hall–Kier alpha value is -2.19. The molecule has 2 atom stereocenters. The van der Waals surface area contributed by atoms with Crippen molar-refractivity contribution in [3.63, 3.8) is 0 Å². The van der Waals surface area contributed by atoms with Crippen LogP contribution in [0.25, 0.3) is 0 Å². The van der Waals surface area contributed by atoms with Gasteiger partial charge < -0.3 is 18.8 Å². The van der Waals surface area contributed by atoms with Crippen LogP contribution in [0.2, 0.25) is 0 Å². The zero-order valence-corrected chi connectivity index (χ0v) is 14.3. The number of nitrogens with zero attached hydrogens (tertiary/aromatic N) is 4. The number of amides is 1. The first kappa shape index (κ1) is 16.3. The summed E-state index contributed by atoms with van der Waals surface area (Å²) in [4.78, 5) is 18.5. The topological polar surface area (TPSA) is 82.6 Å². The predicted octanol–water partition coefficient (Wildman–Crippen LogP) is 1.27. The van der Waals surface area contributed by atoms with Crippen molar-refractivity contribution in [3.8, 4) is 0 Å². The number of hydrogen-bond acceptors (Lipinski definition) is 6. The predicted molar refractivity (Wildman–Crippen MR) is 87.0 cm³/mol. The fourth-order valence-corrected chi connectivity index (χ4v) is 3.57. The molecule has 134 valence electrons. The second kappa shape index (κ2) is 6.61.